The Morgan fingerprint density at radius 2 is 0.936 bits per heavy atom. The van der Waals surface area contributed by atoms with Crippen molar-refractivity contribution in [3.8, 4) is 0 Å². The molecular formula is C38H78NO7P. The predicted octanol–water partition coefficient (Wildman–Crippen LogP) is 11.4. The van der Waals surface area contributed by atoms with E-state index in [1.165, 1.54) is 148 Å². The van der Waals surface area contributed by atoms with Crippen molar-refractivity contribution in [2.24, 2.45) is 5.73 Å². The molecule has 0 radical (unpaired) electrons. The smallest absolute Gasteiger partial charge is 0.457 e. The highest BCUT2D eigenvalue weighted by Gasteiger charge is 2.25. The average Bonchev–Trinajstić information content (AvgIpc) is 3.06. The van der Waals surface area contributed by atoms with Gasteiger partial charge in [-0.25, -0.2) is 4.57 Å². The van der Waals surface area contributed by atoms with Crippen LogP contribution in [0.1, 0.15) is 200 Å². The molecule has 47 heavy (non-hydrogen) atoms. The van der Waals surface area contributed by atoms with Crippen LogP contribution in [0.3, 0.4) is 0 Å². The van der Waals surface area contributed by atoms with Gasteiger partial charge in [0.1, 0.15) is 6.10 Å². The van der Waals surface area contributed by atoms with Gasteiger partial charge in [0, 0.05) is 19.6 Å². The molecule has 0 spiro atoms. The minimum absolute atomic E-state index is 0.0903. The maximum Gasteiger partial charge on any atom is 0.472 e. The highest BCUT2D eigenvalue weighted by atomic mass is 31.2. The third-order valence-electron chi connectivity index (χ3n) is 8.77. The molecule has 8 nitrogen and oxygen atoms in total. The van der Waals surface area contributed by atoms with E-state index in [0.29, 0.717) is 13.0 Å². The molecule has 0 rings (SSSR count). The second-order valence-electron chi connectivity index (χ2n) is 13.5. The van der Waals surface area contributed by atoms with Crippen LogP contribution in [0.2, 0.25) is 0 Å². The molecule has 0 aromatic rings. The van der Waals surface area contributed by atoms with Crippen LogP contribution in [0.4, 0.5) is 0 Å². The van der Waals surface area contributed by atoms with Crippen molar-refractivity contribution in [1.82, 2.24) is 0 Å². The Morgan fingerprint density at radius 1 is 0.553 bits per heavy atom. The van der Waals surface area contributed by atoms with E-state index in [-0.39, 0.29) is 32.3 Å². The van der Waals surface area contributed by atoms with Crippen LogP contribution in [0.25, 0.3) is 0 Å². The third kappa shape index (κ3) is 36.6. The first kappa shape index (κ1) is 46.5. The zero-order valence-electron chi connectivity index (χ0n) is 31.0. The van der Waals surface area contributed by atoms with Gasteiger partial charge in [0.05, 0.1) is 19.8 Å². The molecule has 0 amide bonds. The van der Waals surface area contributed by atoms with E-state index in [4.69, 9.17) is 24.3 Å². The fourth-order valence-corrected chi connectivity index (χ4v) is 6.59. The van der Waals surface area contributed by atoms with Crippen molar-refractivity contribution in [3.05, 3.63) is 0 Å². The Balaban J connectivity index is 4.01. The van der Waals surface area contributed by atoms with Crippen molar-refractivity contribution in [3.63, 3.8) is 0 Å². The Kier molecular flexibility index (Phi) is 36.4. The van der Waals surface area contributed by atoms with Crippen LogP contribution in [-0.4, -0.2) is 49.9 Å². The van der Waals surface area contributed by atoms with Crippen molar-refractivity contribution in [2.45, 2.75) is 206 Å². The van der Waals surface area contributed by atoms with Crippen molar-refractivity contribution in [2.75, 3.05) is 33.0 Å². The fraction of sp³-hybridized carbons (Fsp3) is 0.974. The first-order valence-electron chi connectivity index (χ1n) is 20.0. The molecule has 0 aliphatic carbocycles. The lowest BCUT2D eigenvalue weighted by Crippen LogP contribution is -2.28. The number of ether oxygens (including phenoxy) is 2. The van der Waals surface area contributed by atoms with Crippen LogP contribution in [0, 0.1) is 0 Å². The number of phosphoric acid groups is 1. The summed E-state index contributed by atoms with van der Waals surface area (Å²) < 4.78 is 33.3. The minimum Gasteiger partial charge on any atom is -0.457 e. The Morgan fingerprint density at radius 3 is 1.34 bits per heavy atom. The van der Waals surface area contributed by atoms with E-state index in [2.05, 4.69) is 13.8 Å². The number of hydrogen-bond donors (Lipinski definition) is 2. The summed E-state index contributed by atoms with van der Waals surface area (Å²) >= 11 is 0. The number of nitrogens with two attached hydrogens (primary N) is 1. The van der Waals surface area contributed by atoms with Crippen LogP contribution in [0.5, 0.6) is 0 Å². The maximum absolute atomic E-state index is 12.5. The Labute approximate surface area is 291 Å². The molecule has 0 aromatic heterocycles. The molecule has 0 bridgehead atoms. The van der Waals surface area contributed by atoms with Crippen LogP contribution < -0.4 is 5.73 Å². The van der Waals surface area contributed by atoms with Gasteiger partial charge in [-0.1, -0.05) is 181 Å². The van der Waals surface area contributed by atoms with E-state index in [9.17, 15) is 14.3 Å². The number of rotatable bonds is 39. The number of hydrogen-bond acceptors (Lipinski definition) is 7. The largest absolute Gasteiger partial charge is 0.472 e. The minimum atomic E-state index is -4.26. The van der Waals surface area contributed by atoms with E-state index in [0.717, 1.165) is 32.1 Å². The Bertz CT molecular complexity index is 697. The molecule has 0 saturated heterocycles. The summed E-state index contributed by atoms with van der Waals surface area (Å²) in [5.74, 6) is -0.325. The second-order valence-corrected chi connectivity index (χ2v) is 15.0. The highest BCUT2D eigenvalue weighted by Crippen LogP contribution is 2.43. The van der Waals surface area contributed by atoms with E-state index >= 15 is 0 Å². The number of phosphoric ester groups is 1. The molecule has 0 aliphatic rings. The van der Waals surface area contributed by atoms with Crippen LogP contribution in [0.15, 0.2) is 0 Å². The summed E-state index contributed by atoms with van der Waals surface area (Å²) in [6, 6.07) is 0. The molecule has 0 heterocycles. The van der Waals surface area contributed by atoms with E-state index in [1.807, 2.05) is 0 Å². The molecule has 9 heteroatoms. The van der Waals surface area contributed by atoms with Crippen LogP contribution in [-0.2, 0) is 27.9 Å². The maximum atomic E-state index is 12.5. The van der Waals surface area contributed by atoms with Gasteiger partial charge >= 0.3 is 13.8 Å². The first-order chi connectivity index (χ1) is 22.9. The lowest BCUT2D eigenvalue weighted by molar-refractivity contribution is -0.154. The topological polar surface area (TPSA) is 117 Å². The number of carbonyl (C=O) groups excluding carboxylic acids is 1. The van der Waals surface area contributed by atoms with Gasteiger partial charge in [0.15, 0.2) is 0 Å². The van der Waals surface area contributed by atoms with E-state index < -0.39 is 13.9 Å². The van der Waals surface area contributed by atoms with Gasteiger partial charge in [-0.2, -0.15) is 0 Å². The lowest BCUT2D eigenvalue weighted by Gasteiger charge is -2.20. The second kappa shape index (κ2) is 36.8. The van der Waals surface area contributed by atoms with Gasteiger partial charge in [0.25, 0.3) is 0 Å². The normalized spacial score (nSPS) is 13.5. The molecule has 1 unspecified atom stereocenters. The van der Waals surface area contributed by atoms with Gasteiger partial charge < -0.3 is 20.1 Å². The van der Waals surface area contributed by atoms with Gasteiger partial charge in [-0.15, -0.1) is 0 Å². The van der Waals surface area contributed by atoms with Crippen molar-refractivity contribution in [1.29, 1.82) is 0 Å². The van der Waals surface area contributed by atoms with Crippen LogP contribution >= 0.6 is 7.82 Å². The summed E-state index contributed by atoms with van der Waals surface area (Å²) in [6.07, 6.45) is 35.4. The van der Waals surface area contributed by atoms with E-state index in [1.54, 1.807) is 0 Å². The first-order valence-corrected chi connectivity index (χ1v) is 21.5. The number of esters is 1. The zero-order valence-corrected chi connectivity index (χ0v) is 31.9. The molecule has 3 N–H and O–H groups in total. The molecule has 0 aromatic carbocycles. The average molecular weight is 692 g/mol. The standard InChI is InChI=1S/C38H78NO7P/c1-3-5-7-9-11-13-15-17-18-19-20-21-23-25-27-29-31-38(40)46-37(36-45-47(41,42)44-34-32-39)35-43-33-30-28-26-24-22-16-14-12-10-8-6-4-2/h37H,3-36,39H2,1-2H3,(H,41,42)/t37-/m1/s1. The summed E-state index contributed by atoms with van der Waals surface area (Å²) in [7, 11) is -4.26. The molecular weight excluding hydrogens is 613 g/mol. The SMILES string of the molecule is CCCCCCCCCCCCCCCCCCC(=O)O[C@H](COCCCCCCCCCCCCCC)COP(=O)(O)OCCN. The predicted molar refractivity (Wildman–Crippen MR) is 197 cm³/mol. The van der Waals surface area contributed by atoms with Crippen molar-refractivity contribution < 1.29 is 32.8 Å². The molecule has 0 fully saturated rings. The fourth-order valence-electron chi connectivity index (χ4n) is 5.82. The molecule has 2 atom stereocenters. The van der Waals surface area contributed by atoms with Gasteiger partial charge in [-0.05, 0) is 12.8 Å². The highest BCUT2D eigenvalue weighted by molar-refractivity contribution is 7.47. The lowest BCUT2D eigenvalue weighted by atomic mass is 10.0. The molecule has 282 valence electrons. The van der Waals surface area contributed by atoms with Crippen molar-refractivity contribution >= 4 is 13.8 Å². The summed E-state index contributed by atoms with van der Waals surface area (Å²) in [4.78, 5) is 22.4. The monoisotopic (exact) mass is 692 g/mol. The number of unbranched alkanes of at least 4 members (excludes halogenated alkanes) is 26. The summed E-state index contributed by atoms with van der Waals surface area (Å²) in [5.41, 5.74) is 5.35. The summed E-state index contributed by atoms with van der Waals surface area (Å²) in [5, 5.41) is 0. The van der Waals surface area contributed by atoms with Gasteiger partial charge in [-0.3, -0.25) is 13.8 Å². The molecule has 0 saturated carbocycles. The third-order valence-corrected chi connectivity index (χ3v) is 9.76. The Hall–Kier alpha value is -0.500. The van der Waals surface area contributed by atoms with Gasteiger partial charge in [0.2, 0.25) is 0 Å². The zero-order chi connectivity index (χ0) is 34.5. The quantitative estimate of drug-likeness (QED) is 0.0371. The molecule has 0 aliphatic heterocycles. The number of carbonyl (C=O) groups is 1. The summed E-state index contributed by atoms with van der Waals surface area (Å²) in [6.45, 7) is 4.96.